The van der Waals surface area contributed by atoms with Gasteiger partial charge in [0.15, 0.2) is 0 Å². The Hall–Kier alpha value is -2.99. The van der Waals surface area contributed by atoms with E-state index in [0.29, 0.717) is 24.1 Å². The lowest BCUT2D eigenvalue weighted by atomic mass is 9.88. The molecule has 1 N–H and O–H groups in total. The van der Waals surface area contributed by atoms with E-state index >= 15 is 0 Å². The van der Waals surface area contributed by atoms with Crippen LogP contribution in [-0.4, -0.2) is 41.3 Å². The fraction of sp³-hybridized carbons (Fsp3) is 0.469. The number of rotatable bonds is 8. The van der Waals surface area contributed by atoms with Gasteiger partial charge in [0.2, 0.25) is 5.91 Å². The monoisotopic (exact) mass is 529 g/mol. The van der Waals surface area contributed by atoms with Crippen LogP contribution >= 0.6 is 11.3 Å². The second-order valence-corrected chi connectivity index (χ2v) is 12.9. The van der Waals surface area contributed by atoms with Crippen molar-refractivity contribution in [3.05, 3.63) is 87.9 Å². The Labute approximate surface area is 230 Å². The summed E-state index contributed by atoms with van der Waals surface area (Å²) in [4.78, 5) is 32.8. The highest BCUT2D eigenvalue weighted by molar-refractivity contribution is 7.09. The molecule has 1 aliphatic heterocycles. The van der Waals surface area contributed by atoms with E-state index in [0.717, 1.165) is 37.4 Å². The molecule has 0 bridgehead atoms. The van der Waals surface area contributed by atoms with Gasteiger partial charge in [-0.3, -0.25) is 9.59 Å². The molecule has 200 valence electrons. The lowest BCUT2D eigenvalue weighted by Crippen LogP contribution is -2.40. The molecule has 1 saturated heterocycles. The zero-order chi connectivity index (χ0) is 26.9. The quantitative estimate of drug-likeness (QED) is 0.363. The third-order valence-electron chi connectivity index (χ3n) is 9.30. The minimum Gasteiger partial charge on any atom is -0.351 e. The van der Waals surface area contributed by atoms with Gasteiger partial charge in [-0.25, -0.2) is 4.98 Å². The van der Waals surface area contributed by atoms with Crippen molar-refractivity contribution in [1.82, 2.24) is 15.2 Å². The molecule has 6 heteroatoms. The second-order valence-electron chi connectivity index (χ2n) is 12.0. The molecular formula is C32H39N3O2S. The van der Waals surface area contributed by atoms with Crippen LogP contribution in [-0.2, 0) is 4.79 Å². The number of likely N-dealkylation sites (tertiary alicyclic amines) is 1. The Bertz CT molecular complexity index is 1210. The van der Waals surface area contributed by atoms with Crippen LogP contribution in [0, 0.1) is 16.7 Å². The maximum atomic E-state index is 13.1. The molecule has 2 amide bonds. The van der Waals surface area contributed by atoms with Crippen molar-refractivity contribution < 1.29 is 9.59 Å². The molecule has 3 aromatic rings. The molecule has 0 spiro atoms. The van der Waals surface area contributed by atoms with Crippen LogP contribution in [0.5, 0.6) is 0 Å². The van der Waals surface area contributed by atoms with E-state index in [2.05, 4.69) is 86.4 Å². The number of carbonyl (C=O) groups is 2. The summed E-state index contributed by atoms with van der Waals surface area (Å²) < 4.78 is 0. The normalized spacial score (nSPS) is 18.9. The summed E-state index contributed by atoms with van der Waals surface area (Å²) in [7, 11) is 0. The number of hydrogen-bond donors (Lipinski definition) is 1. The van der Waals surface area contributed by atoms with Crippen molar-refractivity contribution >= 4 is 23.2 Å². The van der Waals surface area contributed by atoms with E-state index in [4.69, 9.17) is 4.98 Å². The topological polar surface area (TPSA) is 62.3 Å². The molecule has 0 radical (unpaired) electrons. The van der Waals surface area contributed by atoms with E-state index in [1.54, 1.807) is 11.3 Å². The predicted molar refractivity (Wildman–Crippen MR) is 153 cm³/mol. The summed E-state index contributed by atoms with van der Waals surface area (Å²) in [6.07, 6.45) is 2.63. The van der Waals surface area contributed by atoms with Crippen molar-refractivity contribution in [2.24, 2.45) is 16.7 Å². The van der Waals surface area contributed by atoms with Gasteiger partial charge in [-0.1, -0.05) is 88.4 Å². The van der Waals surface area contributed by atoms with Crippen molar-refractivity contribution in [1.29, 1.82) is 0 Å². The zero-order valence-electron chi connectivity index (χ0n) is 22.9. The maximum absolute atomic E-state index is 13.1. The highest BCUT2D eigenvalue weighted by Gasteiger charge is 2.68. The van der Waals surface area contributed by atoms with E-state index < -0.39 is 0 Å². The Kier molecular flexibility index (Phi) is 7.45. The van der Waals surface area contributed by atoms with Crippen LogP contribution < -0.4 is 5.32 Å². The van der Waals surface area contributed by atoms with Gasteiger partial charge in [-0.05, 0) is 41.2 Å². The molecule has 2 fully saturated rings. The molecule has 5 rings (SSSR count). The van der Waals surface area contributed by atoms with E-state index in [1.807, 2.05) is 17.5 Å². The van der Waals surface area contributed by atoms with Gasteiger partial charge in [-0.2, -0.15) is 0 Å². The first-order chi connectivity index (χ1) is 18.2. The Morgan fingerprint density at radius 3 is 2.03 bits per heavy atom. The van der Waals surface area contributed by atoms with Gasteiger partial charge in [0.1, 0.15) is 5.69 Å². The molecule has 1 saturated carbocycles. The highest BCUT2D eigenvalue weighted by Crippen LogP contribution is 2.68. The summed E-state index contributed by atoms with van der Waals surface area (Å²) in [5.74, 6) is 0.847. The van der Waals surface area contributed by atoms with Crippen LogP contribution in [0.1, 0.15) is 85.4 Å². The fourth-order valence-corrected chi connectivity index (χ4v) is 7.21. The Balaban J connectivity index is 1.14. The number of piperidine rings is 1. The molecule has 1 aromatic heterocycles. The number of carbonyl (C=O) groups excluding carboxylic acids is 2. The number of nitrogens with one attached hydrogen (secondary N) is 1. The number of aromatic nitrogens is 1. The molecule has 0 unspecified atom stereocenters. The first-order valence-corrected chi connectivity index (χ1v) is 14.7. The summed E-state index contributed by atoms with van der Waals surface area (Å²) in [5.41, 5.74) is 3.15. The van der Waals surface area contributed by atoms with Crippen molar-refractivity contribution in [3.8, 4) is 0 Å². The third-order valence-corrected chi connectivity index (χ3v) is 10.3. The van der Waals surface area contributed by atoms with E-state index in [-0.39, 0.29) is 28.6 Å². The molecule has 5 nitrogen and oxygen atoms in total. The molecule has 2 aliphatic rings. The Morgan fingerprint density at radius 2 is 1.50 bits per heavy atom. The summed E-state index contributed by atoms with van der Waals surface area (Å²) in [6.45, 7) is 10.9. The minimum absolute atomic E-state index is 0.0702. The van der Waals surface area contributed by atoms with E-state index in [9.17, 15) is 9.59 Å². The Morgan fingerprint density at radius 1 is 0.947 bits per heavy atom. The van der Waals surface area contributed by atoms with Gasteiger partial charge in [0, 0.05) is 42.8 Å². The van der Waals surface area contributed by atoms with Gasteiger partial charge in [0.25, 0.3) is 5.91 Å². The minimum atomic E-state index is -0.113. The standard InChI is InChI=1S/C32H39N3O2S/c1-31(2)27(32(31,3)4)30(37)35-19-16-24(17-20-35)29-34-26(21-38-29)28(36)33-18-15-25(22-11-7-5-8-12-22)23-13-9-6-10-14-23/h5-14,21,24-25,27H,15-20H2,1-4H3,(H,33,36). The third kappa shape index (κ3) is 5.15. The first-order valence-electron chi connectivity index (χ1n) is 13.8. The second kappa shape index (κ2) is 10.6. The van der Waals surface area contributed by atoms with E-state index in [1.165, 1.54) is 11.1 Å². The average molecular weight is 530 g/mol. The number of nitrogens with zero attached hydrogens (tertiary/aromatic N) is 2. The molecule has 2 aromatic carbocycles. The van der Waals surface area contributed by atoms with Gasteiger partial charge >= 0.3 is 0 Å². The number of hydrogen-bond acceptors (Lipinski definition) is 4. The van der Waals surface area contributed by atoms with Crippen molar-refractivity contribution in [3.63, 3.8) is 0 Å². The molecule has 1 aliphatic carbocycles. The van der Waals surface area contributed by atoms with Crippen LogP contribution in [0.25, 0.3) is 0 Å². The largest absolute Gasteiger partial charge is 0.351 e. The first kappa shape index (κ1) is 26.6. The fourth-order valence-electron chi connectivity index (χ4n) is 6.24. The lowest BCUT2D eigenvalue weighted by molar-refractivity contribution is -0.134. The number of amides is 2. The number of thiazole rings is 1. The van der Waals surface area contributed by atoms with Gasteiger partial charge in [-0.15, -0.1) is 11.3 Å². The molecular weight excluding hydrogens is 490 g/mol. The van der Waals surface area contributed by atoms with Crippen molar-refractivity contribution in [2.45, 2.75) is 58.8 Å². The average Bonchev–Trinajstić information content (AvgIpc) is 3.24. The van der Waals surface area contributed by atoms with Crippen LogP contribution in [0.4, 0.5) is 0 Å². The molecule has 2 heterocycles. The van der Waals surface area contributed by atoms with Crippen molar-refractivity contribution in [2.75, 3.05) is 19.6 Å². The molecule has 0 atom stereocenters. The van der Waals surface area contributed by atoms with Crippen LogP contribution in [0.15, 0.2) is 66.0 Å². The summed E-state index contributed by atoms with van der Waals surface area (Å²) in [5, 5.41) is 5.99. The lowest BCUT2D eigenvalue weighted by Gasteiger charge is -2.31. The predicted octanol–water partition coefficient (Wildman–Crippen LogP) is 6.48. The summed E-state index contributed by atoms with van der Waals surface area (Å²) in [6, 6.07) is 20.9. The van der Waals surface area contributed by atoms with Gasteiger partial charge < -0.3 is 10.2 Å². The smallest absolute Gasteiger partial charge is 0.270 e. The SMILES string of the molecule is CC1(C)C(C(=O)N2CCC(c3nc(C(=O)NCCC(c4ccccc4)c4ccccc4)cs3)CC2)C1(C)C. The summed E-state index contributed by atoms with van der Waals surface area (Å²) >= 11 is 1.57. The maximum Gasteiger partial charge on any atom is 0.270 e. The number of benzene rings is 2. The van der Waals surface area contributed by atoms with Crippen LogP contribution in [0.3, 0.4) is 0 Å². The van der Waals surface area contributed by atoms with Gasteiger partial charge in [0.05, 0.1) is 5.01 Å². The highest BCUT2D eigenvalue weighted by atomic mass is 32.1. The zero-order valence-corrected chi connectivity index (χ0v) is 23.8. The van der Waals surface area contributed by atoms with Crippen LogP contribution in [0.2, 0.25) is 0 Å². The molecule has 38 heavy (non-hydrogen) atoms.